The summed E-state index contributed by atoms with van der Waals surface area (Å²) >= 11 is 9.20. The van der Waals surface area contributed by atoms with Gasteiger partial charge in [0, 0.05) is 17.6 Å². The van der Waals surface area contributed by atoms with Crippen molar-refractivity contribution in [2.45, 2.75) is 25.3 Å². The highest BCUT2D eigenvalue weighted by Gasteiger charge is 2.28. The number of ether oxygens (including phenoxy) is 1. The second kappa shape index (κ2) is 8.83. The van der Waals surface area contributed by atoms with E-state index in [9.17, 15) is 4.79 Å². The molecule has 118 valence electrons. The van der Waals surface area contributed by atoms with E-state index in [2.05, 4.69) is 21.2 Å². The van der Waals surface area contributed by atoms with Crippen LogP contribution in [0.15, 0.2) is 22.7 Å². The van der Waals surface area contributed by atoms with E-state index in [1.807, 2.05) is 0 Å². The molecule has 7 heteroatoms. The fourth-order valence-electron chi connectivity index (χ4n) is 1.86. The minimum atomic E-state index is -0.0359. The van der Waals surface area contributed by atoms with Crippen LogP contribution in [0.2, 0.25) is 5.02 Å². The highest BCUT2D eigenvalue weighted by molar-refractivity contribution is 9.10. The Hall–Kier alpha value is -0.490. The molecular formula is C14H19BrCl2N2O2. The Bertz CT molecular complexity index is 484. The maximum atomic E-state index is 11.6. The zero-order valence-electron chi connectivity index (χ0n) is 11.5. The first-order chi connectivity index (χ1) is 9.56. The lowest BCUT2D eigenvalue weighted by Crippen LogP contribution is -2.38. The highest BCUT2D eigenvalue weighted by atomic mass is 79.9. The van der Waals surface area contributed by atoms with Crippen LogP contribution in [0.1, 0.15) is 19.3 Å². The van der Waals surface area contributed by atoms with E-state index in [4.69, 9.17) is 22.1 Å². The molecular weight excluding hydrogens is 379 g/mol. The third-order valence-electron chi connectivity index (χ3n) is 3.24. The van der Waals surface area contributed by atoms with Gasteiger partial charge < -0.3 is 15.8 Å². The molecule has 1 aliphatic rings. The Labute approximate surface area is 144 Å². The van der Waals surface area contributed by atoms with Gasteiger partial charge in [-0.3, -0.25) is 4.79 Å². The van der Waals surface area contributed by atoms with E-state index in [0.717, 1.165) is 4.47 Å². The van der Waals surface area contributed by atoms with Crippen LogP contribution in [0.3, 0.4) is 0 Å². The predicted octanol–water partition coefficient (Wildman–Crippen LogP) is 3.15. The Morgan fingerprint density at radius 2 is 2.24 bits per heavy atom. The molecule has 4 nitrogen and oxygen atoms in total. The molecule has 0 radical (unpaired) electrons. The van der Waals surface area contributed by atoms with E-state index in [0.29, 0.717) is 36.3 Å². The minimum Gasteiger partial charge on any atom is -0.492 e. The molecule has 0 aliphatic heterocycles. The normalized spacial score (nSPS) is 15.0. The molecule has 2 rings (SSSR count). The van der Waals surface area contributed by atoms with Gasteiger partial charge >= 0.3 is 0 Å². The molecule has 1 fully saturated rings. The fourth-order valence-corrected chi connectivity index (χ4v) is 2.65. The summed E-state index contributed by atoms with van der Waals surface area (Å²) in [6, 6.07) is 5.36. The first-order valence-corrected chi connectivity index (χ1v) is 7.83. The van der Waals surface area contributed by atoms with Gasteiger partial charge in [-0.15, -0.1) is 12.4 Å². The number of rotatable bonds is 7. The summed E-state index contributed by atoms with van der Waals surface area (Å²) in [5.74, 6) is 1.24. The van der Waals surface area contributed by atoms with Gasteiger partial charge in [-0.05, 0) is 52.9 Å². The summed E-state index contributed by atoms with van der Waals surface area (Å²) in [5.41, 5.74) is 5.92. The van der Waals surface area contributed by atoms with E-state index in [-0.39, 0.29) is 24.4 Å². The Morgan fingerprint density at radius 1 is 1.52 bits per heavy atom. The third-order valence-corrected chi connectivity index (χ3v) is 4.10. The van der Waals surface area contributed by atoms with E-state index in [1.165, 1.54) is 12.8 Å². The summed E-state index contributed by atoms with van der Waals surface area (Å²) in [7, 11) is 0. The van der Waals surface area contributed by atoms with Crippen LogP contribution in [-0.2, 0) is 4.79 Å². The molecule has 0 heterocycles. The lowest BCUT2D eigenvalue weighted by atomic mass is 10.2. The Balaban J connectivity index is 0.00000220. The number of hydrogen-bond acceptors (Lipinski definition) is 3. The Morgan fingerprint density at radius 3 is 2.86 bits per heavy atom. The summed E-state index contributed by atoms with van der Waals surface area (Å²) in [6.07, 6.45) is 2.68. The molecule has 1 atom stereocenters. The SMILES string of the molecule is Cl.NC(CNC(=O)CCOc1ccc(Cl)cc1Br)C1CC1. The molecule has 1 amide bonds. The van der Waals surface area contributed by atoms with Gasteiger partial charge in [-0.25, -0.2) is 0 Å². The highest BCUT2D eigenvalue weighted by Crippen LogP contribution is 2.31. The second-order valence-corrected chi connectivity index (χ2v) is 6.27. The summed E-state index contributed by atoms with van der Waals surface area (Å²) in [6.45, 7) is 0.874. The van der Waals surface area contributed by atoms with Gasteiger partial charge in [0.05, 0.1) is 17.5 Å². The molecule has 0 bridgehead atoms. The molecule has 0 aromatic heterocycles. The number of benzene rings is 1. The number of halogens is 3. The van der Waals surface area contributed by atoms with E-state index >= 15 is 0 Å². The van der Waals surface area contributed by atoms with Crippen LogP contribution in [0.4, 0.5) is 0 Å². The molecule has 1 aromatic carbocycles. The van der Waals surface area contributed by atoms with E-state index in [1.54, 1.807) is 18.2 Å². The monoisotopic (exact) mass is 396 g/mol. The third kappa shape index (κ3) is 6.43. The van der Waals surface area contributed by atoms with Crippen molar-refractivity contribution in [2.24, 2.45) is 11.7 Å². The van der Waals surface area contributed by atoms with Crippen molar-refractivity contribution in [3.8, 4) is 5.75 Å². The van der Waals surface area contributed by atoms with Gasteiger partial charge in [0.2, 0.25) is 5.91 Å². The molecule has 1 unspecified atom stereocenters. The summed E-state index contributed by atoms with van der Waals surface area (Å²) < 4.78 is 6.31. The number of hydrogen-bond donors (Lipinski definition) is 2. The predicted molar refractivity (Wildman–Crippen MR) is 90.2 cm³/mol. The van der Waals surface area contributed by atoms with Gasteiger partial charge in [0.1, 0.15) is 5.75 Å². The maximum absolute atomic E-state index is 11.6. The van der Waals surface area contributed by atoms with Crippen molar-refractivity contribution in [2.75, 3.05) is 13.2 Å². The van der Waals surface area contributed by atoms with Crippen molar-refractivity contribution in [3.05, 3.63) is 27.7 Å². The van der Waals surface area contributed by atoms with Crippen LogP contribution in [0.25, 0.3) is 0 Å². The standard InChI is InChI=1S/C14H18BrClN2O2.ClH/c15-11-7-10(16)3-4-13(11)20-6-5-14(19)18-8-12(17)9-1-2-9;/h3-4,7,9,12H,1-2,5-6,8,17H2,(H,18,19);1H. The van der Waals surface area contributed by atoms with Gasteiger partial charge in [-0.2, -0.15) is 0 Å². The number of carbonyl (C=O) groups is 1. The molecule has 0 spiro atoms. The molecule has 1 aromatic rings. The zero-order valence-corrected chi connectivity index (χ0v) is 14.6. The maximum Gasteiger partial charge on any atom is 0.223 e. The minimum absolute atomic E-state index is 0. The topological polar surface area (TPSA) is 64.3 Å². The summed E-state index contributed by atoms with van der Waals surface area (Å²) in [4.78, 5) is 11.6. The quantitative estimate of drug-likeness (QED) is 0.742. The molecule has 0 saturated heterocycles. The summed E-state index contributed by atoms with van der Waals surface area (Å²) in [5, 5.41) is 3.47. The van der Waals surface area contributed by atoms with Crippen molar-refractivity contribution in [3.63, 3.8) is 0 Å². The van der Waals surface area contributed by atoms with Crippen LogP contribution in [0, 0.1) is 5.92 Å². The number of nitrogens with two attached hydrogens (primary N) is 1. The fraction of sp³-hybridized carbons (Fsp3) is 0.500. The lowest BCUT2D eigenvalue weighted by molar-refractivity contribution is -0.121. The zero-order chi connectivity index (χ0) is 14.5. The second-order valence-electron chi connectivity index (χ2n) is 4.98. The van der Waals surface area contributed by atoms with Crippen LogP contribution in [0.5, 0.6) is 5.75 Å². The average Bonchev–Trinajstić information content (AvgIpc) is 3.23. The average molecular weight is 398 g/mol. The smallest absolute Gasteiger partial charge is 0.223 e. The number of carbonyl (C=O) groups excluding carboxylic acids is 1. The first-order valence-electron chi connectivity index (χ1n) is 6.66. The number of amides is 1. The largest absolute Gasteiger partial charge is 0.492 e. The van der Waals surface area contributed by atoms with Gasteiger partial charge in [0.15, 0.2) is 0 Å². The van der Waals surface area contributed by atoms with Crippen LogP contribution < -0.4 is 15.8 Å². The molecule has 3 N–H and O–H groups in total. The van der Waals surface area contributed by atoms with Gasteiger partial charge in [0.25, 0.3) is 0 Å². The van der Waals surface area contributed by atoms with Crippen molar-refractivity contribution in [1.82, 2.24) is 5.32 Å². The van der Waals surface area contributed by atoms with E-state index < -0.39 is 0 Å². The van der Waals surface area contributed by atoms with Crippen molar-refractivity contribution >= 4 is 45.8 Å². The first kappa shape index (κ1) is 18.6. The number of nitrogens with one attached hydrogen (secondary N) is 1. The van der Waals surface area contributed by atoms with Crippen LogP contribution >= 0.6 is 39.9 Å². The molecule has 1 saturated carbocycles. The lowest BCUT2D eigenvalue weighted by Gasteiger charge is -2.12. The van der Waals surface area contributed by atoms with Crippen molar-refractivity contribution in [1.29, 1.82) is 0 Å². The Kier molecular flexibility index (Phi) is 7.81. The molecule has 1 aliphatic carbocycles. The molecule has 21 heavy (non-hydrogen) atoms. The van der Waals surface area contributed by atoms with Gasteiger partial charge in [-0.1, -0.05) is 11.6 Å². The van der Waals surface area contributed by atoms with Crippen molar-refractivity contribution < 1.29 is 9.53 Å². The van der Waals surface area contributed by atoms with Crippen LogP contribution in [-0.4, -0.2) is 25.1 Å².